The average Bonchev–Trinajstić information content (AvgIpc) is 1.62. The molecule has 109 heavy (non-hydrogen) atoms. The van der Waals surface area contributed by atoms with Gasteiger partial charge in [0.15, 0.2) is 17.4 Å². The number of piperidine rings is 1. The molecule has 4 saturated heterocycles. The van der Waals surface area contributed by atoms with Crippen molar-refractivity contribution in [1.29, 1.82) is 0 Å². The molecule has 7 heterocycles. The van der Waals surface area contributed by atoms with E-state index >= 15 is 19.2 Å². The van der Waals surface area contributed by atoms with E-state index in [-0.39, 0.29) is 110 Å². The Morgan fingerprint density at radius 1 is 0.817 bits per heavy atom. The fourth-order valence-electron chi connectivity index (χ4n) is 14.3. The lowest BCUT2D eigenvalue weighted by atomic mass is 9.90. The van der Waals surface area contributed by atoms with Gasteiger partial charge in [0, 0.05) is 81.5 Å². The van der Waals surface area contributed by atoms with Crippen LogP contribution in [-0.4, -0.2) is 220 Å². The molecule has 13 atom stereocenters. The number of aryl methyl sites for hydroxylation is 1. The second kappa shape index (κ2) is 38.7. The number of carbonyl (C=O) groups excluding carboxylic acids is 12. The Kier molecular flexibility index (Phi) is 29.7. The van der Waals surface area contributed by atoms with E-state index in [1.807, 2.05) is 52.0 Å². The number of carbonyl (C=O) groups is 12. The molecule has 2 bridgehead atoms. The number of aliphatic hydroxyl groups is 1. The number of cyclic esters (lactones) is 2. The first-order valence-electron chi connectivity index (χ1n) is 37.5. The highest BCUT2D eigenvalue weighted by atomic mass is 32.2. The van der Waals surface area contributed by atoms with Crippen LogP contribution in [0.25, 0.3) is 0 Å². The van der Waals surface area contributed by atoms with E-state index in [0.717, 1.165) is 31.2 Å². The van der Waals surface area contributed by atoms with E-state index in [1.54, 1.807) is 74.2 Å². The number of pyridine rings is 1. The maximum atomic E-state index is 15.9. The molecule has 27 nitrogen and oxygen atoms in total. The SMILES string of the molecule is CCC1(C)NC(=O)[C@@H](NC(=O)c2ncccc2O)[C@@H](C)OC(=O)[C@H](c2ccccc2)NC(=O)[C@@H]2CC(=O)C(CSCCCCCCSC3CCN4C(=O)c5coc(n5)CC(=O)C[C@H](O)/C=C(C)/C=C/CNC(=O)/C=C/[C@@H](C)[C@@H](C(C)C)OC(=O)C34)CN2C(=O)[C@H](Cc2ccc(C)cc2)N(C)C(=O)[C@@H]2CCCN2C1=O. The van der Waals surface area contributed by atoms with Gasteiger partial charge in [0.05, 0.1) is 12.5 Å². The fourth-order valence-corrected chi connectivity index (χ4v) is 16.9. The third-order valence-electron chi connectivity index (χ3n) is 20.7. The molecule has 4 aromatic rings. The molecule has 0 aliphatic carbocycles. The molecule has 0 radical (unpaired) electrons. The maximum absolute atomic E-state index is 15.9. The number of nitrogens with zero attached hydrogens (tertiary/aromatic N) is 6. The summed E-state index contributed by atoms with van der Waals surface area (Å²) < 4.78 is 17.9. The van der Waals surface area contributed by atoms with E-state index < -0.39 is 143 Å². The van der Waals surface area contributed by atoms with Gasteiger partial charge in [-0.2, -0.15) is 23.5 Å². The van der Waals surface area contributed by atoms with Crippen LogP contribution in [0.4, 0.5) is 0 Å². The topological polar surface area (TPSA) is 364 Å². The summed E-state index contributed by atoms with van der Waals surface area (Å²) in [6.07, 6.45) is 10.3. The third kappa shape index (κ3) is 21.7. The van der Waals surface area contributed by atoms with Crippen LogP contribution in [0.1, 0.15) is 162 Å². The second-order valence-corrected chi connectivity index (χ2v) is 31.8. The molecule has 8 amide bonds. The highest BCUT2D eigenvalue weighted by Crippen LogP contribution is 2.35. The number of benzene rings is 2. The number of aliphatic hydroxyl groups excluding tert-OH is 1. The molecule has 5 aliphatic rings. The quantitative estimate of drug-likeness (QED) is 0.0474. The molecule has 9 rings (SSSR count). The first kappa shape index (κ1) is 83.6. The number of fused-ring (bicyclic) bond motifs is 5. The van der Waals surface area contributed by atoms with Crippen molar-refractivity contribution in [2.24, 2.45) is 17.8 Å². The summed E-state index contributed by atoms with van der Waals surface area (Å²) in [4.78, 5) is 188. The van der Waals surface area contributed by atoms with Gasteiger partial charge < -0.3 is 65.0 Å². The van der Waals surface area contributed by atoms with Crippen LogP contribution in [-0.2, 0) is 70.3 Å². The molecule has 2 aromatic carbocycles. The van der Waals surface area contributed by atoms with Gasteiger partial charge in [0.25, 0.3) is 11.8 Å². The average molecular weight is 1540 g/mol. The number of oxazole rings is 1. The molecule has 4 unspecified atom stereocenters. The molecule has 0 saturated carbocycles. The number of likely N-dealkylation sites (N-methyl/N-ethyl adjacent to an activating group) is 1. The van der Waals surface area contributed by atoms with Crippen molar-refractivity contribution < 1.29 is 81.6 Å². The van der Waals surface area contributed by atoms with Crippen molar-refractivity contribution in [3.8, 4) is 5.75 Å². The smallest absolute Gasteiger partial charge is 0.333 e. The Morgan fingerprint density at radius 3 is 2.27 bits per heavy atom. The lowest BCUT2D eigenvalue weighted by Gasteiger charge is -2.42. The van der Waals surface area contributed by atoms with E-state index in [0.29, 0.717) is 35.5 Å². The molecule has 29 heteroatoms. The number of nitrogens with one attached hydrogen (secondary N) is 4. The van der Waals surface area contributed by atoms with Crippen molar-refractivity contribution in [3.63, 3.8) is 0 Å². The third-order valence-corrected chi connectivity index (χ3v) is 23.4. The molecular weight excluding hydrogens is 1440 g/mol. The fraction of sp³-hybridized carbons (Fsp3) is 0.525. The number of unbranched alkanes of at least 4 members (excludes halogenated alkanes) is 3. The first-order valence-corrected chi connectivity index (χ1v) is 39.7. The highest BCUT2D eigenvalue weighted by molar-refractivity contribution is 8.00. The Morgan fingerprint density at radius 2 is 1.55 bits per heavy atom. The van der Waals surface area contributed by atoms with Crippen molar-refractivity contribution in [1.82, 2.24) is 50.8 Å². The van der Waals surface area contributed by atoms with Gasteiger partial charge >= 0.3 is 11.9 Å². The summed E-state index contributed by atoms with van der Waals surface area (Å²) in [7, 11) is 1.48. The maximum Gasteiger partial charge on any atom is 0.333 e. The van der Waals surface area contributed by atoms with Crippen LogP contribution in [0.2, 0.25) is 0 Å². The zero-order valence-electron chi connectivity index (χ0n) is 63.4. The van der Waals surface area contributed by atoms with Crippen LogP contribution < -0.4 is 21.3 Å². The predicted octanol–water partition coefficient (Wildman–Crippen LogP) is 6.68. The predicted molar refractivity (Wildman–Crippen MR) is 408 cm³/mol. The van der Waals surface area contributed by atoms with Crippen LogP contribution in [0.5, 0.6) is 5.75 Å². The van der Waals surface area contributed by atoms with E-state index in [2.05, 4.69) is 31.2 Å². The summed E-state index contributed by atoms with van der Waals surface area (Å²) in [5, 5.41) is 31.8. The summed E-state index contributed by atoms with van der Waals surface area (Å²) >= 11 is 3.09. The number of thioether (sulfide) groups is 2. The standard InChI is InChI=1S/C80H102N10O17S2/c1-10-80(8)79(104)88-35-20-24-58(88)75(100)87(9)60(40-52-29-26-48(4)27-30-52)76(101)90-44-54(62(94)43-59(90)71(96)85-67(53-22-14-13-15-23-53)77(102)106-51(7)66(73(98)86-80)84-72(97)68-61(93)25-19-34-82-68)46-108-37-16-11-12-17-38-109-63-32-36-89-69(63)78(103)107-70(47(2)3)50(6)28-31-64(95)81-33-18-21-49(5)39-55(91)41-56(92)42-65-83-57(45-105-65)74(89)99/h13-15,18-19,21-23,25-31,34,39,45,47,50-51,54-55,58-60,63,66-67,69-70,91,93H,10-12,16-17,20,24,32-33,35-38,40-44,46H2,1-9H3,(H,81,95)(H,84,97)(H,85,96)(H,86,98)/b21-18+,31-28+,49-39+/t50-,51-,54?,55-,58+,59+,60+,63?,66+,67+,69?,70-,80?/m1/s1. The van der Waals surface area contributed by atoms with E-state index in [9.17, 15) is 48.6 Å². The number of rotatable bonds is 17. The van der Waals surface area contributed by atoms with Gasteiger partial charge in [-0.3, -0.25) is 47.9 Å². The number of Topliss-reactive ketones (excluding diaryl/α,β-unsaturated/α-hetero) is 2. The van der Waals surface area contributed by atoms with Crippen molar-refractivity contribution >= 4 is 94.3 Å². The van der Waals surface area contributed by atoms with E-state index in [1.165, 1.54) is 89.0 Å². The number of allylic oxidation sites excluding steroid dienone is 2. The Balaban J connectivity index is 0.908. The molecule has 6 N–H and O–H groups in total. The Hall–Kier alpha value is -9.48. The lowest BCUT2D eigenvalue weighted by Crippen LogP contribution is -2.65. The Bertz CT molecular complexity index is 4060. The summed E-state index contributed by atoms with van der Waals surface area (Å²) in [6.45, 7) is 14.1. The molecule has 5 aliphatic heterocycles. The number of ketones is 2. The number of aromatic hydroxyl groups is 1. The number of esters is 2. The second-order valence-electron chi connectivity index (χ2n) is 29.3. The zero-order chi connectivity index (χ0) is 78.8. The summed E-state index contributed by atoms with van der Waals surface area (Å²) in [6, 6.07) is 9.69. The van der Waals surface area contributed by atoms with Gasteiger partial charge in [-0.1, -0.05) is 131 Å². The zero-order valence-corrected chi connectivity index (χ0v) is 65.0. The number of ether oxygens (including phenoxy) is 2. The molecule has 4 fully saturated rings. The van der Waals surface area contributed by atoms with Crippen LogP contribution in [0.3, 0.4) is 0 Å². The molecule has 0 spiro atoms. The van der Waals surface area contributed by atoms with E-state index in [4.69, 9.17) is 13.9 Å². The normalized spacial score (nSPS) is 28.2. The van der Waals surface area contributed by atoms with Gasteiger partial charge in [0.1, 0.15) is 71.5 Å². The summed E-state index contributed by atoms with van der Waals surface area (Å²) in [5.74, 6) is -8.45. The number of hydrogen-bond donors (Lipinski definition) is 6. The van der Waals surface area contributed by atoms with Crippen LogP contribution >= 0.6 is 23.5 Å². The van der Waals surface area contributed by atoms with Crippen LogP contribution in [0.15, 0.2) is 120 Å². The highest BCUT2D eigenvalue weighted by Gasteiger charge is 2.50. The molecule has 586 valence electrons. The summed E-state index contributed by atoms with van der Waals surface area (Å²) in [5.41, 5.74) is 0.226. The van der Waals surface area contributed by atoms with Gasteiger partial charge in [-0.25, -0.2) is 19.6 Å². The first-order chi connectivity index (χ1) is 52.0. The number of hydrogen-bond acceptors (Lipinski definition) is 21. The molecular formula is C80H102N10O17S2. The number of amides is 8. The molecule has 2 aromatic heterocycles. The minimum atomic E-state index is -1.77. The minimum absolute atomic E-state index is 0.0127. The van der Waals surface area contributed by atoms with Crippen molar-refractivity contribution in [2.45, 2.75) is 198 Å². The van der Waals surface area contributed by atoms with Gasteiger partial charge in [-0.05, 0) is 113 Å². The van der Waals surface area contributed by atoms with Crippen molar-refractivity contribution in [2.75, 3.05) is 50.5 Å². The Labute approximate surface area is 644 Å². The minimum Gasteiger partial charge on any atom is -0.505 e. The number of aromatic nitrogens is 2. The van der Waals surface area contributed by atoms with Crippen LogP contribution in [0, 0.1) is 24.7 Å². The largest absolute Gasteiger partial charge is 0.505 e. The van der Waals surface area contributed by atoms with Gasteiger partial charge in [-0.15, -0.1) is 0 Å². The monoisotopic (exact) mass is 1540 g/mol. The van der Waals surface area contributed by atoms with Crippen molar-refractivity contribution in [3.05, 3.63) is 149 Å². The lowest BCUT2D eigenvalue weighted by molar-refractivity contribution is -0.158. The van der Waals surface area contributed by atoms with Gasteiger partial charge in [0.2, 0.25) is 41.3 Å².